The van der Waals surface area contributed by atoms with Crippen molar-refractivity contribution in [2.45, 2.75) is 70.5 Å². The highest BCUT2D eigenvalue weighted by molar-refractivity contribution is 6.00. The van der Waals surface area contributed by atoms with Crippen molar-refractivity contribution in [3.63, 3.8) is 0 Å². The number of rotatable bonds is 3. The maximum atomic E-state index is 13.5. The van der Waals surface area contributed by atoms with Crippen LogP contribution in [0, 0.1) is 0 Å². The van der Waals surface area contributed by atoms with E-state index in [0.29, 0.717) is 0 Å². The highest BCUT2D eigenvalue weighted by Gasteiger charge is 2.54. The van der Waals surface area contributed by atoms with Gasteiger partial charge in [0.15, 0.2) is 6.17 Å². The molecular weight excluding hydrogens is 374 g/mol. The van der Waals surface area contributed by atoms with Crippen LogP contribution in [0.3, 0.4) is 0 Å². The minimum Gasteiger partial charge on any atom is -0.372 e. The van der Waals surface area contributed by atoms with E-state index in [1.54, 1.807) is 0 Å². The van der Waals surface area contributed by atoms with Crippen molar-refractivity contribution in [1.29, 1.82) is 0 Å². The van der Waals surface area contributed by atoms with Crippen LogP contribution in [-0.2, 0) is 10.2 Å². The standard InChI is InChI=1S/C24H31N5O/c1-5-24(16-9-8-10-17(13-16)29-11-6-7-12-29)19-15(2)27-28-21(19)25-18-14-23(3,4)26-22(30)20(18)24/h8-10,13,21,25H,5-7,11-12,14H2,1-4H3,(H,26,30). The van der Waals surface area contributed by atoms with E-state index in [9.17, 15) is 4.79 Å². The first kappa shape index (κ1) is 19.3. The molecule has 0 bridgehead atoms. The Kier molecular flexibility index (Phi) is 4.31. The van der Waals surface area contributed by atoms with E-state index < -0.39 is 5.41 Å². The van der Waals surface area contributed by atoms with Crippen LogP contribution in [0.25, 0.3) is 0 Å². The van der Waals surface area contributed by atoms with Crippen LogP contribution in [-0.4, -0.2) is 30.7 Å². The molecule has 158 valence electrons. The summed E-state index contributed by atoms with van der Waals surface area (Å²) < 4.78 is 0. The zero-order valence-electron chi connectivity index (χ0n) is 18.4. The largest absolute Gasteiger partial charge is 0.372 e. The Hall–Kier alpha value is -2.63. The second-order valence-electron chi connectivity index (χ2n) is 9.63. The quantitative estimate of drug-likeness (QED) is 0.793. The number of allylic oxidation sites excluding steroid dienone is 1. The molecule has 1 aromatic rings. The summed E-state index contributed by atoms with van der Waals surface area (Å²) in [7, 11) is 0. The highest BCUT2D eigenvalue weighted by Crippen LogP contribution is 2.53. The van der Waals surface area contributed by atoms with Gasteiger partial charge in [0, 0.05) is 42.0 Å². The molecule has 1 fully saturated rings. The van der Waals surface area contributed by atoms with Crippen LogP contribution in [0.2, 0.25) is 0 Å². The average molecular weight is 406 g/mol. The molecule has 0 aliphatic carbocycles. The molecule has 1 aromatic carbocycles. The molecule has 5 rings (SSSR count). The molecule has 2 N–H and O–H groups in total. The Labute approximate surface area is 178 Å². The van der Waals surface area contributed by atoms with Gasteiger partial charge in [0.2, 0.25) is 0 Å². The number of hydrogen-bond acceptors (Lipinski definition) is 5. The van der Waals surface area contributed by atoms with Gasteiger partial charge in [-0.2, -0.15) is 10.2 Å². The van der Waals surface area contributed by atoms with E-state index in [1.807, 2.05) is 6.92 Å². The Morgan fingerprint density at radius 3 is 2.73 bits per heavy atom. The monoisotopic (exact) mass is 405 g/mol. The van der Waals surface area contributed by atoms with Gasteiger partial charge in [0.05, 0.1) is 16.7 Å². The lowest BCUT2D eigenvalue weighted by Crippen LogP contribution is -2.58. The summed E-state index contributed by atoms with van der Waals surface area (Å²) in [6, 6.07) is 8.82. The number of carbonyl (C=O) groups excluding carboxylic acids is 1. The summed E-state index contributed by atoms with van der Waals surface area (Å²) in [6.45, 7) is 10.5. The van der Waals surface area contributed by atoms with Crippen LogP contribution < -0.4 is 15.5 Å². The molecule has 2 atom stereocenters. The van der Waals surface area contributed by atoms with Gasteiger partial charge in [-0.1, -0.05) is 19.1 Å². The van der Waals surface area contributed by atoms with Gasteiger partial charge in [-0.15, -0.1) is 0 Å². The maximum absolute atomic E-state index is 13.5. The number of nitrogens with one attached hydrogen (secondary N) is 2. The topological polar surface area (TPSA) is 69.1 Å². The molecule has 2 unspecified atom stereocenters. The van der Waals surface area contributed by atoms with Gasteiger partial charge < -0.3 is 15.5 Å². The van der Waals surface area contributed by atoms with E-state index in [4.69, 9.17) is 0 Å². The lowest BCUT2D eigenvalue weighted by molar-refractivity contribution is -0.120. The molecule has 6 heteroatoms. The fourth-order valence-corrected chi connectivity index (χ4v) is 5.87. The summed E-state index contributed by atoms with van der Waals surface area (Å²) in [5, 5.41) is 15.8. The molecule has 30 heavy (non-hydrogen) atoms. The molecule has 1 saturated heterocycles. The van der Waals surface area contributed by atoms with E-state index in [0.717, 1.165) is 48.5 Å². The van der Waals surface area contributed by atoms with Gasteiger partial charge in [-0.05, 0) is 57.7 Å². The van der Waals surface area contributed by atoms with E-state index in [1.165, 1.54) is 24.1 Å². The number of anilines is 1. The van der Waals surface area contributed by atoms with Crippen molar-refractivity contribution in [3.8, 4) is 0 Å². The van der Waals surface area contributed by atoms with Crippen molar-refractivity contribution in [2.24, 2.45) is 10.2 Å². The molecule has 4 aliphatic heterocycles. The summed E-state index contributed by atoms with van der Waals surface area (Å²) >= 11 is 0. The van der Waals surface area contributed by atoms with Gasteiger partial charge in [-0.25, -0.2) is 0 Å². The lowest BCUT2D eigenvalue weighted by atomic mass is 9.61. The first-order valence-electron chi connectivity index (χ1n) is 11.2. The van der Waals surface area contributed by atoms with Crippen LogP contribution >= 0.6 is 0 Å². The minimum atomic E-state index is -0.519. The average Bonchev–Trinajstić information content (AvgIpc) is 3.36. The molecule has 6 nitrogen and oxygen atoms in total. The molecule has 4 heterocycles. The van der Waals surface area contributed by atoms with Crippen LogP contribution in [0.5, 0.6) is 0 Å². The van der Waals surface area contributed by atoms with Crippen LogP contribution in [0.1, 0.15) is 58.9 Å². The fourth-order valence-electron chi connectivity index (χ4n) is 5.87. The van der Waals surface area contributed by atoms with Crippen LogP contribution in [0.4, 0.5) is 5.69 Å². The predicted molar refractivity (Wildman–Crippen MR) is 118 cm³/mol. The molecular formula is C24H31N5O. The Balaban J connectivity index is 1.74. The third kappa shape index (κ3) is 2.72. The molecule has 0 spiro atoms. The van der Waals surface area contributed by atoms with Crippen molar-refractivity contribution in [1.82, 2.24) is 10.6 Å². The number of benzene rings is 1. The molecule has 0 radical (unpaired) electrons. The Morgan fingerprint density at radius 1 is 1.23 bits per heavy atom. The maximum Gasteiger partial charge on any atom is 0.250 e. The summed E-state index contributed by atoms with van der Waals surface area (Å²) in [6.07, 6.45) is 3.84. The fraction of sp³-hybridized carbons (Fsp3) is 0.542. The van der Waals surface area contributed by atoms with E-state index in [-0.39, 0.29) is 17.6 Å². The summed E-state index contributed by atoms with van der Waals surface area (Å²) in [4.78, 5) is 16.0. The van der Waals surface area contributed by atoms with Gasteiger partial charge in [0.1, 0.15) is 0 Å². The second-order valence-corrected chi connectivity index (χ2v) is 9.63. The number of carbonyl (C=O) groups is 1. The zero-order chi connectivity index (χ0) is 21.1. The molecule has 4 aliphatic rings. The SMILES string of the molecule is CCC1(c2cccc(N3CCCC3)c2)C2=C(CC(C)(C)NC2=O)NC2N=NC(C)=C21. The third-order valence-corrected chi connectivity index (χ3v) is 7.12. The van der Waals surface area contributed by atoms with Gasteiger partial charge in [-0.3, -0.25) is 4.79 Å². The summed E-state index contributed by atoms with van der Waals surface area (Å²) in [5.41, 5.74) is 5.52. The van der Waals surface area contributed by atoms with E-state index in [2.05, 4.69) is 70.8 Å². The van der Waals surface area contributed by atoms with Crippen molar-refractivity contribution in [3.05, 3.63) is 52.4 Å². The van der Waals surface area contributed by atoms with Crippen molar-refractivity contribution < 1.29 is 4.79 Å². The first-order chi connectivity index (χ1) is 14.4. The molecule has 0 saturated carbocycles. The summed E-state index contributed by atoms with van der Waals surface area (Å²) in [5.74, 6) is 0.0211. The zero-order valence-corrected chi connectivity index (χ0v) is 18.4. The highest BCUT2D eigenvalue weighted by atomic mass is 16.2. The van der Waals surface area contributed by atoms with Gasteiger partial charge >= 0.3 is 0 Å². The Morgan fingerprint density at radius 2 is 2.00 bits per heavy atom. The van der Waals surface area contributed by atoms with E-state index >= 15 is 0 Å². The van der Waals surface area contributed by atoms with Crippen molar-refractivity contribution in [2.75, 3.05) is 18.0 Å². The lowest BCUT2D eigenvalue weighted by Gasteiger charge is -2.48. The Bertz CT molecular complexity index is 999. The number of hydrogen-bond donors (Lipinski definition) is 2. The minimum absolute atomic E-state index is 0.0211. The predicted octanol–water partition coefficient (Wildman–Crippen LogP) is 4.16. The number of nitrogens with zero attached hydrogens (tertiary/aromatic N) is 3. The third-order valence-electron chi connectivity index (χ3n) is 7.12. The number of amides is 1. The smallest absolute Gasteiger partial charge is 0.250 e. The van der Waals surface area contributed by atoms with Crippen LogP contribution in [0.15, 0.2) is 57.0 Å². The molecule has 0 aromatic heterocycles. The molecule has 1 amide bonds. The number of fused-ring (bicyclic) bond motifs is 1. The van der Waals surface area contributed by atoms with Gasteiger partial charge in [0.25, 0.3) is 5.91 Å². The first-order valence-corrected chi connectivity index (χ1v) is 11.2. The number of azo groups is 1. The second kappa shape index (κ2) is 6.69. The normalized spacial score (nSPS) is 29.7. The van der Waals surface area contributed by atoms with Crippen molar-refractivity contribution >= 4 is 11.6 Å².